The molecule has 1 heterocycles. The molecule has 0 spiro atoms. The van der Waals surface area contributed by atoms with Crippen LogP contribution in [0.5, 0.6) is 5.75 Å². The second-order valence-electron chi connectivity index (χ2n) is 6.02. The molecular weight excluding hydrogens is 391 g/mol. The zero-order valence-electron chi connectivity index (χ0n) is 14.4. The molecule has 26 heavy (non-hydrogen) atoms. The molecule has 0 aliphatic heterocycles. The summed E-state index contributed by atoms with van der Waals surface area (Å²) in [7, 11) is 3.72. The minimum atomic E-state index is 0.562. The zero-order valence-corrected chi connectivity index (χ0v) is 16.8. The molecule has 0 fully saturated rings. The molecule has 0 amide bonds. The number of hydrogen-bond acceptors (Lipinski definition) is 3. The van der Waals surface area contributed by atoms with Crippen molar-refractivity contribution in [2.24, 2.45) is 0 Å². The van der Waals surface area contributed by atoms with Gasteiger partial charge < -0.3 is 9.64 Å². The van der Waals surface area contributed by atoms with Crippen LogP contribution in [0.1, 0.15) is 5.56 Å². The van der Waals surface area contributed by atoms with Crippen molar-refractivity contribution in [1.29, 1.82) is 0 Å². The molecule has 0 saturated carbocycles. The SMILES string of the molecule is COc1cccc(-n2cnn(C[NH+](C)Cc3ccc(Cl)c(Cl)c3)c2=S)c1. The number of aromatic nitrogens is 3. The van der Waals surface area contributed by atoms with Gasteiger partial charge in [0.1, 0.15) is 18.6 Å². The number of rotatable bonds is 6. The van der Waals surface area contributed by atoms with Gasteiger partial charge in [0.2, 0.25) is 4.77 Å². The van der Waals surface area contributed by atoms with E-state index in [1.165, 1.54) is 4.90 Å². The number of nitrogens with zero attached hydrogens (tertiary/aromatic N) is 3. The van der Waals surface area contributed by atoms with E-state index in [1.807, 2.05) is 51.7 Å². The molecular formula is C18H19Cl2N4OS+. The number of benzene rings is 2. The minimum Gasteiger partial charge on any atom is -0.497 e. The lowest BCUT2D eigenvalue weighted by Gasteiger charge is -2.14. The summed E-state index contributed by atoms with van der Waals surface area (Å²) in [5.41, 5.74) is 2.03. The smallest absolute Gasteiger partial charge is 0.207 e. The Kier molecular flexibility index (Phi) is 5.98. The fourth-order valence-electron chi connectivity index (χ4n) is 2.69. The molecule has 1 aromatic heterocycles. The molecule has 3 rings (SSSR count). The van der Waals surface area contributed by atoms with E-state index >= 15 is 0 Å². The molecule has 0 aliphatic rings. The minimum absolute atomic E-state index is 0.562. The van der Waals surface area contributed by atoms with Crippen molar-refractivity contribution in [1.82, 2.24) is 14.3 Å². The standard InChI is InChI=1S/C18H18Cl2N4OS/c1-22(10-13-6-7-16(19)17(20)8-13)12-24-18(26)23(11-21-24)14-4-3-5-15(9-14)25-2/h3-9,11H,10,12H2,1-2H3/p+1. The van der Waals surface area contributed by atoms with Crippen molar-refractivity contribution in [3.63, 3.8) is 0 Å². The quantitative estimate of drug-likeness (QED) is 0.633. The summed E-state index contributed by atoms with van der Waals surface area (Å²) in [5, 5.41) is 5.56. The summed E-state index contributed by atoms with van der Waals surface area (Å²) in [4.78, 5) is 1.22. The first-order valence-electron chi connectivity index (χ1n) is 8.02. The van der Waals surface area contributed by atoms with Crippen molar-refractivity contribution in [3.8, 4) is 11.4 Å². The highest BCUT2D eigenvalue weighted by Gasteiger charge is 2.11. The summed E-state index contributed by atoms with van der Waals surface area (Å²) in [6.45, 7) is 1.42. The van der Waals surface area contributed by atoms with Crippen LogP contribution in [0.2, 0.25) is 10.0 Å². The Balaban J connectivity index is 1.75. The van der Waals surface area contributed by atoms with Crippen molar-refractivity contribution >= 4 is 35.4 Å². The maximum atomic E-state index is 6.09. The maximum absolute atomic E-state index is 6.09. The predicted molar refractivity (Wildman–Crippen MR) is 106 cm³/mol. The van der Waals surface area contributed by atoms with Crippen molar-refractivity contribution in [3.05, 3.63) is 69.2 Å². The second kappa shape index (κ2) is 8.22. The van der Waals surface area contributed by atoms with Crippen LogP contribution in [-0.4, -0.2) is 28.5 Å². The molecule has 0 bridgehead atoms. The Morgan fingerprint density at radius 2 is 1.96 bits per heavy atom. The predicted octanol–water partition coefficient (Wildman–Crippen LogP) is 3.39. The van der Waals surface area contributed by atoms with E-state index < -0.39 is 0 Å². The molecule has 1 N–H and O–H groups in total. The number of quaternary nitrogens is 1. The van der Waals surface area contributed by atoms with Gasteiger partial charge in [-0.3, -0.25) is 4.57 Å². The van der Waals surface area contributed by atoms with E-state index in [2.05, 4.69) is 12.1 Å². The number of nitrogens with one attached hydrogen (secondary N) is 1. The largest absolute Gasteiger partial charge is 0.497 e. The Bertz CT molecular complexity index is 970. The summed E-state index contributed by atoms with van der Waals surface area (Å²) in [5.74, 6) is 0.777. The first-order valence-corrected chi connectivity index (χ1v) is 9.18. The van der Waals surface area contributed by atoms with Gasteiger partial charge in [-0.25, -0.2) is 0 Å². The molecule has 0 radical (unpaired) electrons. The van der Waals surface area contributed by atoms with Crippen LogP contribution in [0, 0.1) is 4.77 Å². The molecule has 0 aliphatic carbocycles. The lowest BCUT2D eigenvalue weighted by molar-refractivity contribution is -0.917. The highest BCUT2D eigenvalue weighted by molar-refractivity contribution is 7.71. The molecule has 3 aromatic rings. The third-order valence-electron chi connectivity index (χ3n) is 3.97. The van der Waals surface area contributed by atoms with Crippen LogP contribution < -0.4 is 9.64 Å². The fraction of sp³-hybridized carbons (Fsp3) is 0.222. The molecule has 0 saturated heterocycles. The van der Waals surface area contributed by atoms with Gasteiger partial charge in [-0.05, 0) is 36.5 Å². The lowest BCUT2D eigenvalue weighted by Crippen LogP contribution is -3.07. The van der Waals surface area contributed by atoms with Gasteiger partial charge in [-0.2, -0.15) is 9.78 Å². The highest BCUT2D eigenvalue weighted by Crippen LogP contribution is 2.22. The van der Waals surface area contributed by atoms with Crippen molar-refractivity contribution < 1.29 is 9.64 Å². The Hall–Kier alpha value is -1.86. The van der Waals surface area contributed by atoms with E-state index in [4.69, 9.17) is 40.2 Å². The van der Waals surface area contributed by atoms with Crippen molar-refractivity contribution in [2.45, 2.75) is 13.2 Å². The van der Waals surface area contributed by atoms with Crippen molar-refractivity contribution in [2.75, 3.05) is 14.2 Å². The number of methoxy groups -OCH3 is 1. The Morgan fingerprint density at radius 3 is 2.69 bits per heavy atom. The third-order valence-corrected chi connectivity index (χ3v) is 5.12. The fourth-order valence-corrected chi connectivity index (χ4v) is 3.28. The van der Waals surface area contributed by atoms with Crippen LogP contribution in [0.25, 0.3) is 5.69 Å². The van der Waals surface area contributed by atoms with Crippen LogP contribution in [0.3, 0.4) is 0 Å². The van der Waals surface area contributed by atoms with Gasteiger partial charge in [0, 0.05) is 11.6 Å². The Labute approximate surface area is 167 Å². The first kappa shape index (κ1) is 18.9. The summed E-state index contributed by atoms with van der Waals surface area (Å²) in [6, 6.07) is 13.4. The lowest BCUT2D eigenvalue weighted by atomic mass is 10.2. The van der Waals surface area contributed by atoms with E-state index in [9.17, 15) is 0 Å². The molecule has 8 heteroatoms. The second-order valence-corrected chi connectivity index (χ2v) is 7.20. The van der Waals surface area contributed by atoms with E-state index in [0.717, 1.165) is 23.5 Å². The average Bonchev–Trinajstić information content (AvgIpc) is 2.98. The zero-order chi connectivity index (χ0) is 18.7. The van der Waals surface area contributed by atoms with Gasteiger partial charge in [0.05, 0.1) is 29.9 Å². The number of ether oxygens (including phenoxy) is 1. The first-order chi connectivity index (χ1) is 12.5. The van der Waals surface area contributed by atoms with Crippen LogP contribution in [0.15, 0.2) is 48.8 Å². The molecule has 1 unspecified atom stereocenters. The number of halogens is 2. The maximum Gasteiger partial charge on any atom is 0.207 e. The van der Waals surface area contributed by atoms with Crippen LogP contribution in [-0.2, 0) is 13.2 Å². The van der Waals surface area contributed by atoms with E-state index in [-0.39, 0.29) is 0 Å². The van der Waals surface area contributed by atoms with E-state index in [0.29, 0.717) is 21.5 Å². The molecule has 1 atom stereocenters. The summed E-state index contributed by atoms with van der Waals surface area (Å²) >= 11 is 17.6. The topological polar surface area (TPSA) is 36.4 Å². The summed E-state index contributed by atoms with van der Waals surface area (Å²) < 4.78 is 9.58. The van der Waals surface area contributed by atoms with Gasteiger partial charge in [-0.1, -0.05) is 35.3 Å². The summed E-state index contributed by atoms with van der Waals surface area (Å²) in [6.07, 6.45) is 1.73. The van der Waals surface area contributed by atoms with Gasteiger partial charge >= 0.3 is 0 Å². The normalized spacial score (nSPS) is 12.2. The third kappa shape index (κ3) is 4.27. The highest BCUT2D eigenvalue weighted by atomic mass is 35.5. The number of hydrogen-bond donors (Lipinski definition) is 1. The van der Waals surface area contributed by atoms with Gasteiger partial charge in [0.25, 0.3) is 0 Å². The van der Waals surface area contributed by atoms with E-state index in [1.54, 1.807) is 13.4 Å². The van der Waals surface area contributed by atoms with Gasteiger partial charge in [-0.15, -0.1) is 0 Å². The average molecular weight is 410 g/mol. The Morgan fingerprint density at radius 1 is 1.15 bits per heavy atom. The van der Waals surface area contributed by atoms with Crippen LogP contribution >= 0.6 is 35.4 Å². The van der Waals surface area contributed by atoms with Gasteiger partial charge in [0.15, 0.2) is 6.67 Å². The molecule has 136 valence electrons. The van der Waals surface area contributed by atoms with Crippen LogP contribution in [0.4, 0.5) is 0 Å². The molecule has 5 nitrogen and oxygen atoms in total. The monoisotopic (exact) mass is 409 g/mol. The molecule has 2 aromatic carbocycles.